The molecule has 1 aliphatic heterocycles. The van der Waals surface area contributed by atoms with E-state index in [0.717, 1.165) is 43.8 Å². The highest BCUT2D eigenvalue weighted by Crippen LogP contribution is 2.19. The molecule has 2 N–H and O–H groups in total. The van der Waals surface area contributed by atoms with Crippen molar-refractivity contribution in [3.05, 3.63) is 29.8 Å². The number of ether oxygens (including phenoxy) is 2. The van der Waals surface area contributed by atoms with Crippen LogP contribution in [0.2, 0.25) is 0 Å². The molecule has 1 saturated heterocycles. The zero-order chi connectivity index (χ0) is 13.7. The Morgan fingerprint density at radius 2 is 1.84 bits per heavy atom. The summed E-state index contributed by atoms with van der Waals surface area (Å²) in [5.41, 5.74) is 7.43. The second-order valence-corrected chi connectivity index (χ2v) is 5.12. The Balaban J connectivity index is 1.85. The summed E-state index contributed by atoms with van der Waals surface area (Å²) in [4.78, 5) is 2.42. The third-order valence-electron chi connectivity index (χ3n) is 3.87. The first kappa shape index (κ1) is 14.3. The van der Waals surface area contributed by atoms with Gasteiger partial charge < -0.3 is 20.1 Å². The predicted octanol–water partition coefficient (Wildman–Crippen LogP) is 1.81. The van der Waals surface area contributed by atoms with Gasteiger partial charge in [-0.25, -0.2) is 0 Å². The van der Waals surface area contributed by atoms with E-state index in [4.69, 9.17) is 15.2 Å². The molecule has 0 aromatic heterocycles. The lowest BCUT2D eigenvalue weighted by atomic mass is 10.0. The first-order chi connectivity index (χ1) is 9.22. The van der Waals surface area contributed by atoms with Crippen LogP contribution in [0.4, 0.5) is 0 Å². The van der Waals surface area contributed by atoms with Crippen LogP contribution in [0.1, 0.15) is 24.4 Å². The van der Waals surface area contributed by atoms with E-state index in [2.05, 4.69) is 4.90 Å². The number of rotatable bonds is 5. The SMILES string of the molecule is COc1ccc(C(N)CN2CCC(OC)CC2)cc1. The number of benzene rings is 1. The minimum atomic E-state index is 0.0602. The van der Waals surface area contributed by atoms with Crippen molar-refractivity contribution in [3.8, 4) is 5.75 Å². The van der Waals surface area contributed by atoms with Gasteiger partial charge in [0.05, 0.1) is 13.2 Å². The van der Waals surface area contributed by atoms with Crippen molar-refractivity contribution in [1.29, 1.82) is 0 Å². The zero-order valence-corrected chi connectivity index (χ0v) is 11.8. The van der Waals surface area contributed by atoms with Crippen molar-refractivity contribution in [2.24, 2.45) is 5.73 Å². The summed E-state index contributed by atoms with van der Waals surface area (Å²) in [6.07, 6.45) is 2.63. The molecule has 0 radical (unpaired) electrons. The van der Waals surface area contributed by atoms with Crippen LogP contribution in [0.5, 0.6) is 5.75 Å². The van der Waals surface area contributed by atoms with E-state index in [1.165, 1.54) is 0 Å². The van der Waals surface area contributed by atoms with E-state index in [9.17, 15) is 0 Å². The van der Waals surface area contributed by atoms with Gasteiger partial charge in [0.25, 0.3) is 0 Å². The average Bonchev–Trinajstić information content (AvgIpc) is 2.48. The standard InChI is InChI=1S/C15H24N2O2/c1-18-13-5-3-12(4-6-13)15(16)11-17-9-7-14(19-2)8-10-17/h3-6,14-15H,7-11,16H2,1-2H3. The number of hydrogen-bond acceptors (Lipinski definition) is 4. The number of hydrogen-bond donors (Lipinski definition) is 1. The van der Waals surface area contributed by atoms with Gasteiger partial charge in [0.15, 0.2) is 0 Å². The van der Waals surface area contributed by atoms with Gasteiger partial charge in [-0.3, -0.25) is 0 Å². The van der Waals surface area contributed by atoms with E-state index in [1.54, 1.807) is 14.2 Å². The lowest BCUT2D eigenvalue weighted by Crippen LogP contribution is -2.40. The molecule has 0 amide bonds. The molecule has 1 aliphatic rings. The van der Waals surface area contributed by atoms with Crippen LogP contribution in [0.15, 0.2) is 24.3 Å². The molecule has 2 rings (SSSR count). The van der Waals surface area contributed by atoms with Gasteiger partial charge in [-0.15, -0.1) is 0 Å². The molecule has 0 saturated carbocycles. The Morgan fingerprint density at radius 3 is 2.37 bits per heavy atom. The molecule has 106 valence electrons. The Labute approximate surface area is 115 Å². The molecular formula is C15H24N2O2. The smallest absolute Gasteiger partial charge is 0.118 e. The van der Waals surface area contributed by atoms with Gasteiger partial charge >= 0.3 is 0 Å². The fourth-order valence-corrected chi connectivity index (χ4v) is 2.56. The Hall–Kier alpha value is -1.10. The second kappa shape index (κ2) is 6.89. The Kier molecular flexibility index (Phi) is 5.19. The van der Waals surface area contributed by atoms with Crippen molar-refractivity contribution in [2.45, 2.75) is 25.0 Å². The van der Waals surface area contributed by atoms with Crippen molar-refractivity contribution in [1.82, 2.24) is 4.90 Å². The molecule has 1 heterocycles. The maximum atomic E-state index is 6.27. The third-order valence-corrected chi connectivity index (χ3v) is 3.87. The third kappa shape index (κ3) is 3.93. The van der Waals surface area contributed by atoms with Gasteiger partial charge in [0, 0.05) is 32.8 Å². The highest BCUT2D eigenvalue weighted by Gasteiger charge is 2.20. The molecule has 4 nitrogen and oxygen atoms in total. The van der Waals surface area contributed by atoms with Gasteiger partial charge in [-0.1, -0.05) is 12.1 Å². The van der Waals surface area contributed by atoms with Gasteiger partial charge in [-0.2, -0.15) is 0 Å². The fraction of sp³-hybridized carbons (Fsp3) is 0.600. The zero-order valence-electron chi connectivity index (χ0n) is 11.8. The minimum absolute atomic E-state index is 0.0602. The fourth-order valence-electron chi connectivity index (χ4n) is 2.56. The molecule has 1 aromatic rings. The summed E-state index contributed by atoms with van der Waals surface area (Å²) in [5.74, 6) is 0.872. The lowest BCUT2D eigenvalue weighted by Gasteiger charge is -2.32. The van der Waals surface area contributed by atoms with E-state index in [1.807, 2.05) is 24.3 Å². The second-order valence-electron chi connectivity index (χ2n) is 5.12. The Morgan fingerprint density at radius 1 is 1.21 bits per heavy atom. The van der Waals surface area contributed by atoms with Gasteiger partial charge in [0.2, 0.25) is 0 Å². The van der Waals surface area contributed by atoms with Crippen LogP contribution >= 0.6 is 0 Å². The summed E-state index contributed by atoms with van der Waals surface area (Å²) in [6.45, 7) is 3.05. The predicted molar refractivity (Wildman–Crippen MR) is 76.4 cm³/mol. The quantitative estimate of drug-likeness (QED) is 0.881. The van der Waals surface area contributed by atoms with Crippen LogP contribution in [0.3, 0.4) is 0 Å². The van der Waals surface area contributed by atoms with Gasteiger partial charge in [-0.05, 0) is 30.5 Å². The highest BCUT2D eigenvalue weighted by atomic mass is 16.5. The van der Waals surface area contributed by atoms with Crippen LogP contribution < -0.4 is 10.5 Å². The molecular weight excluding hydrogens is 240 g/mol. The van der Waals surface area contributed by atoms with Crippen LogP contribution in [-0.4, -0.2) is 44.9 Å². The normalized spacial score (nSPS) is 19.3. The maximum absolute atomic E-state index is 6.27. The number of nitrogens with zero attached hydrogens (tertiary/aromatic N) is 1. The topological polar surface area (TPSA) is 47.7 Å². The summed E-state index contributed by atoms with van der Waals surface area (Å²) in [7, 11) is 3.47. The monoisotopic (exact) mass is 264 g/mol. The van der Waals surface area contributed by atoms with Crippen molar-refractivity contribution in [3.63, 3.8) is 0 Å². The molecule has 1 unspecified atom stereocenters. The van der Waals surface area contributed by atoms with Crippen LogP contribution in [-0.2, 0) is 4.74 Å². The average molecular weight is 264 g/mol. The molecule has 0 aliphatic carbocycles. The summed E-state index contributed by atoms with van der Waals surface area (Å²) in [6, 6.07) is 8.08. The van der Waals surface area contributed by atoms with E-state index < -0.39 is 0 Å². The summed E-state index contributed by atoms with van der Waals surface area (Å²) < 4.78 is 10.5. The molecule has 1 fully saturated rings. The molecule has 4 heteroatoms. The highest BCUT2D eigenvalue weighted by molar-refractivity contribution is 5.29. The van der Waals surface area contributed by atoms with Crippen molar-refractivity contribution < 1.29 is 9.47 Å². The van der Waals surface area contributed by atoms with Crippen molar-refractivity contribution >= 4 is 0 Å². The maximum Gasteiger partial charge on any atom is 0.118 e. The lowest BCUT2D eigenvalue weighted by molar-refractivity contribution is 0.0395. The minimum Gasteiger partial charge on any atom is -0.497 e. The van der Waals surface area contributed by atoms with Crippen LogP contribution in [0, 0.1) is 0 Å². The number of piperidine rings is 1. The van der Waals surface area contributed by atoms with Crippen LogP contribution in [0.25, 0.3) is 0 Å². The molecule has 19 heavy (non-hydrogen) atoms. The summed E-state index contributed by atoms with van der Waals surface area (Å²) >= 11 is 0. The van der Waals surface area contributed by atoms with E-state index >= 15 is 0 Å². The number of nitrogens with two attached hydrogens (primary N) is 1. The Bertz CT molecular complexity index is 372. The van der Waals surface area contributed by atoms with E-state index in [0.29, 0.717) is 6.10 Å². The largest absolute Gasteiger partial charge is 0.497 e. The molecule has 1 atom stereocenters. The number of likely N-dealkylation sites (tertiary alicyclic amines) is 1. The summed E-state index contributed by atoms with van der Waals surface area (Å²) in [5, 5.41) is 0. The number of methoxy groups -OCH3 is 2. The first-order valence-corrected chi connectivity index (χ1v) is 6.87. The molecule has 1 aromatic carbocycles. The molecule has 0 spiro atoms. The first-order valence-electron chi connectivity index (χ1n) is 6.87. The van der Waals surface area contributed by atoms with E-state index in [-0.39, 0.29) is 6.04 Å². The van der Waals surface area contributed by atoms with Gasteiger partial charge in [0.1, 0.15) is 5.75 Å². The molecule has 0 bridgehead atoms. The van der Waals surface area contributed by atoms with Crippen molar-refractivity contribution in [2.75, 3.05) is 33.9 Å².